The van der Waals surface area contributed by atoms with Crippen molar-refractivity contribution in [3.8, 4) is 0 Å². The summed E-state index contributed by atoms with van der Waals surface area (Å²) in [5, 5.41) is 3.02. The predicted octanol–water partition coefficient (Wildman–Crippen LogP) is 6.02. The van der Waals surface area contributed by atoms with Crippen LogP contribution in [-0.2, 0) is 22.6 Å². The molecule has 6 heteroatoms. The molecule has 2 amide bonds. The lowest BCUT2D eigenvalue weighted by Gasteiger charge is -2.31. The van der Waals surface area contributed by atoms with Gasteiger partial charge in [0.05, 0.1) is 5.75 Å². The number of benzene rings is 3. The summed E-state index contributed by atoms with van der Waals surface area (Å²) >= 11 is 5.02. The molecule has 0 saturated heterocycles. The van der Waals surface area contributed by atoms with Crippen LogP contribution in [0.2, 0.25) is 0 Å². The summed E-state index contributed by atoms with van der Waals surface area (Å²) in [6.45, 7) is 5.02. The summed E-state index contributed by atoms with van der Waals surface area (Å²) in [7, 11) is 0. The van der Waals surface area contributed by atoms with Gasteiger partial charge in [-0.15, -0.1) is 11.8 Å². The molecule has 4 nitrogen and oxygen atoms in total. The number of aryl methyl sites for hydroxylation is 1. The number of hydrogen-bond acceptors (Lipinski definition) is 3. The van der Waals surface area contributed by atoms with E-state index in [0.29, 0.717) is 19.5 Å². The molecule has 3 aromatic carbocycles. The van der Waals surface area contributed by atoms with Crippen LogP contribution in [0.5, 0.6) is 0 Å². The normalized spacial score (nSPS) is 11.6. The largest absolute Gasteiger partial charge is 0.354 e. The van der Waals surface area contributed by atoms with E-state index in [-0.39, 0.29) is 17.6 Å². The van der Waals surface area contributed by atoms with E-state index in [2.05, 4.69) is 21.2 Å². The molecule has 0 aliphatic heterocycles. The molecule has 1 unspecified atom stereocenters. The summed E-state index contributed by atoms with van der Waals surface area (Å²) in [4.78, 5) is 29.7. The fraction of sp³-hybridized carbons (Fsp3) is 0.286. The number of amides is 2. The highest BCUT2D eigenvalue weighted by atomic mass is 79.9. The van der Waals surface area contributed by atoms with Gasteiger partial charge in [-0.05, 0) is 48.7 Å². The van der Waals surface area contributed by atoms with Crippen molar-refractivity contribution in [1.29, 1.82) is 0 Å². The predicted molar refractivity (Wildman–Crippen MR) is 144 cm³/mol. The fourth-order valence-electron chi connectivity index (χ4n) is 3.61. The maximum atomic E-state index is 13.6. The first-order chi connectivity index (χ1) is 16.5. The smallest absolute Gasteiger partial charge is 0.243 e. The lowest BCUT2D eigenvalue weighted by Crippen LogP contribution is -2.51. The van der Waals surface area contributed by atoms with Gasteiger partial charge in [-0.25, -0.2) is 0 Å². The van der Waals surface area contributed by atoms with E-state index in [0.717, 1.165) is 26.9 Å². The highest BCUT2D eigenvalue weighted by Gasteiger charge is 2.30. The first-order valence-corrected chi connectivity index (χ1v) is 13.3. The molecule has 0 fully saturated rings. The van der Waals surface area contributed by atoms with Gasteiger partial charge in [0.1, 0.15) is 6.04 Å². The number of nitrogens with one attached hydrogen (secondary N) is 1. The molecule has 0 spiro atoms. The maximum absolute atomic E-state index is 13.6. The standard InChI is InChI=1S/C28H31BrN2O2S/c1-3-16-30-28(33)26(18-22-8-5-4-6-9-22)31(19-23-10-7-11-24(29)17-23)27(32)20-34-25-14-12-21(2)13-15-25/h4-15,17,26H,3,16,18-20H2,1-2H3,(H,30,33). The zero-order valence-electron chi connectivity index (χ0n) is 19.7. The number of carbonyl (C=O) groups is 2. The third-order valence-electron chi connectivity index (χ3n) is 5.45. The van der Waals surface area contributed by atoms with E-state index in [1.54, 1.807) is 4.90 Å². The van der Waals surface area contributed by atoms with Gasteiger partial charge in [0, 0.05) is 28.9 Å². The maximum Gasteiger partial charge on any atom is 0.243 e. The Morgan fingerprint density at radius 1 is 0.971 bits per heavy atom. The van der Waals surface area contributed by atoms with Gasteiger partial charge < -0.3 is 10.2 Å². The van der Waals surface area contributed by atoms with Crippen LogP contribution in [0.15, 0.2) is 88.2 Å². The highest BCUT2D eigenvalue weighted by Crippen LogP contribution is 2.22. The second-order valence-corrected chi connectivity index (χ2v) is 10.2. The van der Waals surface area contributed by atoms with Crippen LogP contribution in [0, 0.1) is 6.92 Å². The lowest BCUT2D eigenvalue weighted by atomic mass is 10.0. The van der Waals surface area contributed by atoms with Crippen molar-refractivity contribution in [2.24, 2.45) is 0 Å². The van der Waals surface area contributed by atoms with Gasteiger partial charge in [0.15, 0.2) is 0 Å². The third-order valence-corrected chi connectivity index (χ3v) is 6.94. The molecule has 1 atom stereocenters. The van der Waals surface area contributed by atoms with Gasteiger partial charge in [0.25, 0.3) is 0 Å². The van der Waals surface area contributed by atoms with E-state index >= 15 is 0 Å². The Morgan fingerprint density at radius 2 is 1.68 bits per heavy atom. The molecular weight excluding hydrogens is 508 g/mol. The molecule has 178 valence electrons. The fourth-order valence-corrected chi connectivity index (χ4v) is 4.85. The van der Waals surface area contributed by atoms with Crippen LogP contribution >= 0.6 is 27.7 Å². The molecule has 0 aliphatic carbocycles. The van der Waals surface area contributed by atoms with E-state index in [1.807, 2.05) is 92.7 Å². The molecule has 0 aliphatic rings. The number of thioether (sulfide) groups is 1. The van der Waals surface area contributed by atoms with Crippen molar-refractivity contribution < 1.29 is 9.59 Å². The van der Waals surface area contributed by atoms with Crippen molar-refractivity contribution in [3.63, 3.8) is 0 Å². The van der Waals surface area contributed by atoms with E-state index < -0.39 is 6.04 Å². The third kappa shape index (κ3) is 8.03. The number of hydrogen-bond donors (Lipinski definition) is 1. The van der Waals surface area contributed by atoms with Crippen LogP contribution in [0.25, 0.3) is 0 Å². The Hall–Kier alpha value is -2.57. The first-order valence-electron chi connectivity index (χ1n) is 11.5. The van der Waals surface area contributed by atoms with Crippen molar-refractivity contribution in [3.05, 3.63) is 100 Å². The van der Waals surface area contributed by atoms with Crippen molar-refractivity contribution in [1.82, 2.24) is 10.2 Å². The van der Waals surface area contributed by atoms with Gasteiger partial charge >= 0.3 is 0 Å². The second-order valence-electron chi connectivity index (χ2n) is 8.25. The molecule has 3 aromatic rings. The molecule has 34 heavy (non-hydrogen) atoms. The molecule has 3 rings (SSSR count). The molecule has 0 saturated carbocycles. The minimum absolute atomic E-state index is 0.0573. The zero-order chi connectivity index (χ0) is 24.3. The van der Waals surface area contributed by atoms with Crippen LogP contribution in [0.4, 0.5) is 0 Å². The molecule has 0 aromatic heterocycles. The Morgan fingerprint density at radius 3 is 2.35 bits per heavy atom. The van der Waals surface area contributed by atoms with Crippen molar-refractivity contribution in [2.45, 2.75) is 44.2 Å². The van der Waals surface area contributed by atoms with E-state index in [4.69, 9.17) is 0 Å². The number of carbonyl (C=O) groups excluding carboxylic acids is 2. The van der Waals surface area contributed by atoms with E-state index in [1.165, 1.54) is 17.3 Å². The van der Waals surface area contributed by atoms with Crippen LogP contribution in [0.3, 0.4) is 0 Å². The topological polar surface area (TPSA) is 49.4 Å². The summed E-state index contributed by atoms with van der Waals surface area (Å²) in [6.07, 6.45) is 1.30. The van der Waals surface area contributed by atoms with Crippen LogP contribution < -0.4 is 5.32 Å². The Balaban J connectivity index is 1.88. The lowest BCUT2D eigenvalue weighted by molar-refractivity contribution is -0.139. The molecule has 0 heterocycles. The van der Waals surface area contributed by atoms with Crippen molar-refractivity contribution in [2.75, 3.05) is 12.3 Å². The summed E-state index contributed by atoms with van der Waals surface area (Å²) < 4.78 is 0.946. The SMILES string of the molecule is CCCNC(=O)C(Cc1ccccc1)N(Cc1cccc(Br)c1)C(=O)CSc1ccc(C)cc1. The van der Waals surface area contributed by atoms with Crippen LogP contribution in [0.1, 0.15) is 30.0 Å². The second kappa shape index (κ2) is 13.4. The van der Waals surface area contributed by atoms with E-state index in [9.17, 15) is 9.59 Å². The molecule has 0 radical (unpaired) electrons. The number of nitrogens with zero attached hydrogens (tertiary/aromatic N) is 1. The summed E-state index contributed by atoms with van der Waals surface area (Å²) in [5.41, 5.74) is 3.18. The van der Waals surface area contributed by atoms with Gasteiger partial charge in [-0.3, -0.25) is 9.59 Å². The average Bonchev–Trinajstić information content (AvgIpc) is 2.85. The Labute approximate surface area is 215 Å². The molecular formula is C28H31BrN2O2S. The van der Waals surface area contributed by atoms with Crippen molar-refractivity contribution >= 4 is 39.5 Å². The monoisotopic (exact) mass is 538 g/mol. The number of halogens is 1. The molecule has 1 N–H and O–H groups in total. The first kappa shape index (κ1) is 26.0. The quantitative estimate of drug-likeness (QED) is 0.304. The Kier molecular flexibility index (Phi) is 10.2. The zero-order valence-corrected chi connectivity index (χ0v) is 22.1. The minimum atomic E-state index is -0.598. The van der Waals surface area contributed by atoms with Gasteiger partial charge in [0.2, 0.25) is 11.8 Å². The van der Waals surface area contributed by atoms with Gasteiger partial charge in [-0.1, -0.05) is 83.0 Å². The van der Waals surface area contributed by atoms with Crippen LogP contribution in [-0.4, -0.2) is 35.1 Å². The summed E-state index contributed by atoms with van der Waals surface area (Å²) in [6, 6.07) is 25.3. The summed E-state index contributed by atoms with van der Waals surface area (Å²) in [5.74, 6) is 0.0937. The number of rotatable bonds is 11. The minimum Gasteiger partial charge on any atom is -0.354 e. The highest BCUT2D eigenvalue weighted by molar-refractivity contribution is 9.10. The molecule has 0 bridgehead atoms. The van der Waals surface area contributed by atoms with Gasteiger partial charge in [-0.2, -0.15) is 0 Å². The average molecular weight is 540 g/mol. The Bertz CT molecular complexity index is 1070.